The average Bonchev–Trinajstić information content (AvgIpc) is 2.80. The van der Waals surface area contributed by atoms with Crippen molar-refractivity contribution in [3.05, 3.63) is 34.9 Å². The monoisotopic (exact) mass is 280 g/mol. The molecule has 4 heteroatoms. The van der Waals surface area contributed by atoms with Gasteiger partial charge in [0.05, 0.1) is 5.54 Å². The SMILES string of the molecule is CC(Cc1ccccc1Cl)NC(=O)C1(C)CCCN1. The number of amides is 1. The van der Waals surface area contributed by atoms with Gasteiger partial charge in [-0.3, -0.25) is 4.79 Å². The van der Waals surface area contributed by atoms with E-state index in [0.29, 0.717) is 0 Å². The fraction of sp³-hybridized carbons (Fsp3) is 0.533. The Morgan fingerprint density at radius 1 is 1.53 bits per heavy atom. The second-order valence-electron chi connectivity index (χ2n) is 5.53. The van der Waals surface area contributed by atoms with Gasteiger partial charge in [-0.2, -0.15) is 0 Å². The van der Waals surface area contributed by atoms with E-state index in [0.717, 1.165) is 36.4 Å². The van der Waals surface area contributed by atoms with Crippen molar-refractivity contribution in [1.29, 1.82) is 0 Å². The molecule has 2 rings (SSSR count). The van der Waals surface area contributed by atoms with Crippen LogP contribution in [0.4, 0.5) is 0 Å². The lowest BCUT2D eigenvalue weighted by Gasteiger charge is -2.26. The quantitative estimate of drug-likeness (QED) is 0.890. The van der Waals surface area contributed by atoms with Crippen LogP contribution >= 0.6 is 11.6 Å². The zero-order valence-corrected chi connectivity index (χ0v) is 12.3. The van der Waals surface area contributed by atoms with Crippen LogP contribution in [0.2, 0.25) is 5.02 Å². The predicted octanol–water partition coefficient (Wildman–Crippen LogP) is 2.53. The van der Waals surface area contributed by atoms with Crippen molar-refractivity contribution in [3.63, 3.8) is 0 Å². The summed E-state index contributed by atoms with van der Waals surface area (Å²) in [6.45, 7) is 4.90. The molecule has 1 aliphatic heterocycles. The molecule has 1 amide bonds. The maximum absolute atomic E-state index is 12.2. The van der Waals surface area contributed by atoms with Crippen LogP contribution in [0.5, 0.6) is 0 Å². The van der Waals surface area contributed by atoms with Crippen LogP contribution in [-0.2, 0) is 11.2 Å². The highest BCUT2D eigenvalue weighted by molar-refractivity contribution is 6.31. The number of nitrogens with one attached hydrogen (secondary N) is 2. The minimum Gasteiger partial charge on any atom is -0.352 e. The van der Waals surface area contributed by atoms with E-state index < -0.39 is 5.54 Å². The molecule has 0 aliphatic carbocycles. The largest absolute Gasteiger partial charge is 0.352 e. The molecular formula is C15H21ClN2O. The van der Waals surface area contributed by atoms with E-state index in [2.05, 4.69) is 10.6 Å². The first-order valence-corrected chi connectivity index (χ1v) is 7.18. The average molecular weight is 281 g/mol. The number of benzene rings is 1. The summed E-state index contributed by atoms with van der Waals surface area (Å²) in [5.74, 6) is 0.0875. The van der Waals surface area contributed by atoms with Gasteiger partial charge >= 0.3 is 0 Å². The number of carbonyl (C=O) groups excluding carboxylic acids is 1. The van der Waals surface area contributed by atoms with Gasteiger partial charge in [0.15, 0.2) is 0 Å². The minimum absolute atomic E-state index is 0.0756. The lowest BCUT2D eigenvalue weighted by molar-refractivity contribution is -0.127. The maximum Gasteiger partial charge on any atom is 0.240 e. The molecule has 19 heavy (non-hydrogen) atoms. The van der Waals surface area contributed by atoms with Gasteiger partial charge in [0.2, 0.25) is 5.91 Å². The molecular weight excluding hydrogens is 260 g/mol. The van der Waals surface area contributed by atoms with E-state index in [9.17, 15) is 4.79 Å². The molecule has 1 fully saturated rings. The number of carbonyl (C=O) groups is 1. The lowest BCUT2D eigenvalue weighted by atomic mass is 9.98. The van der Waals surface area contributed by atoms with E-state index in [1.54, 1.807) is 0 Å². The van der Waals surface area contributed by atoms with Crippen LogP contribution in [0, 0.1) is 0 Å². The second-order valence-corrected chi connectivity index (χ2v) is 5.94. The van der Waals surface area contributed by atoms with Gasteiger partial charge in [-0.05, 0) is 51.3 Å². The van der Waals surface area contributed by atoms with Crippen molar-refractivity contribution in [1.82, 2.24) is 10.6 Å². The molecule has 1 heterocycles. The third-order valence-electron chi connectivity index (χ3n) is 3.73. The molecule has 1 aromatic rings. The first kappa shape index (κ1) is 14.4. The Balaban J connectivity index is 1.93. The van der Waals surface area contributed by atoms with Gasteiger partial charge < -0.3 is 10.6 Å². The van der Waals surface area contributed by atoms with E-state index in [4.69, 9.17) is 11.6 Å². The third kappa shape index (κ3) is 3.48. The zero-order valence-electron chi connectivity index (χ0n) is 11.5. The summed E-state index contributed by atoms with van der Waals surface area (Å²) >= 11 is 6.13. The van der Waals surface area contributed by atoms with E-state index in [-0.39, 0.29) is 11.9 Å². The lowest BCUT2D eigenvalue weighted by Crippen LogP contribution is -2.53. The van der Waals surface area contributed by atoms with E-state index in [1.807, 2.05) is 38.1 Å². The fourth-order valence-corrected chi connectivity index (χ4v) is 2.73. The Kier molecular flexibility index (Phi) is 4.48. The van der Waals surface area contributed by atoms with E-state index in [1.165, 1.54) is 0 Å². The Hall–Kier alpha value is -1.06. The van der Waals surface area contributed by atoms with Gasteiger partial charge in [-0.15, -0.1) is 0 Å². The summed E-state index contributed by atoms with van der Waals surface area (Å²) in [5, 5.41) is 7.11. The normalized spacial score (nSPS) is 24.2. The van der Waals surface area contributed by atoms with Crippen molar-refractivity contribution in [2.24, 2.45) is 0 Å². The first-order valence-electron chi connectivity index (χ1n) is 6.81. The predicted molar refractivity (Wildman–Crippen MR) is 78.4 cm³/mol. The molecule has 0 radical (unpaired) electrons. The topological polar surface area (TPSA) is 41.1 Å². The Bertz CT molecular complexity index is 455. The molecule has 3 nitrogen and oxygen atoms in total. The molecule has 1 aromatic carbocycles. The van der Waals surface area contributed by atoms with Crippen LogP contribution in [0.15, 0.2) is 24.3 Å². The zero-order chi connectivity index (χ0) is 13.9. The summed E-state index contributed by atoms with van der Waals surface area (Å²) in [5.41, 5.74) is 0.663. The minimum atomic E-state index is -0.408. The fourth-order valence-electron chi connectivity index (χ4n) is 2.52. The van der Waals surface area contributed by atoms with Gasteiger partial charge in [0.25, 0.3) is 0 Å². The summed E-state index contributed by atoms with van der Waals surface area (Å²) in [4.78, 5) is 12.2. The Morgan fingerprint density at radius 2 is 2.26 bits per heavy atom. The van der Waals surface area contributed by atoms with Crippen molar-refractivity contribution >= 4 is 17.5 Å². The molecule has 0 bridgehead atoms. The maximum atomic E-state index is 12.2. The summed E-state index contributed by atoms with van der Waals surface area (Å²) in [6.07, 6.45) is 2.71. The molecule has 0 aromatic heterocycles. The molecule has 1 aliphatic rings. The standard InChI is InChI=1S/C15H21ClN2O/c1-11(10-12-6-3-4-7-13(12)16)18-14(19)15(2)8-5-9-17-15/h3-4,6-7,11,17H,5,8-10H2,1-2H3,(H,18,19). The van der Waals surface area contributed by atoms with Crippen LogP contribution in [0.3, 0.4) is 0 Å². The number of rotatable bonds is 4. The second kappa shape index (κ2) is 5.93. The number of halogens is 1. The van der Waals surface area contributed by atoms with Crippen molar-refractivity contribution in [3.8, 4) is 0 Å². The molecule has 1 saturated heterocycles. The van der Waals surface area contributed by atoms with Crippen molar-refractivity contribution in [2.45, 2.75) is 44.7 Å². The number of hydrogen-bond donors (Lipinski definition) is 2. The van der Waals surface area contributed by atoms with Gasteiger partial charge in [-0.1, -0.05) is 29.8 Å². The highest BCUT2D eigenvalue weighted by Gasteiger charge is 2.36. The summed E-state index contributed by atoms with van der Waals surface area (Å²) in [7, 11) is 0. The van der Waals surface area contributed by atoms with Crippen LogP contribution in [0.1, 0.15) is 32.3 Å². The number of hydrogen-bond acceptors (Lipinski definition) is 2. The van der Waals surface area contributed by atoms with Gasteiger partial charge in [0.1, 0.15) is 0 Å². The van der Waals surface area contributed by atoms with Crippen LogP contribution in [-0.4, -0.2) is 24.0 Å². The molecule has 0 spiro atoms. The Morgan fingerprint density at radius 3 is 2.89 bits per heavy atom. The smallest absolute Gasteiger partial charge is 0.240 e. The van der Waals surface area contributed by atoms with Crippen LogP contribution in [0.25, 0.3) is 0 Å². The molecule has 0 saturated carbocycles. The highest BCUT2D eigenvalue weighted by Crippen LogP contribution is 2.20. The van der Waals surface area contributed by atoms with Gasteiger partial charge in [-0.25, -0.2) is 0 Å². The summed E-state index contributed by atoms with van der Waals surface area (Å²) < 4.78 is 0. The highest BCUT2D eigenvalue weighted by atomic mass is 35.5. The molecule has 2 N–H and O–H groups in total. The van der Waals surface area contributed by atoms with Crippen molar-refractivity contribution < 1.29 is 4.79 Å². The van der Waals surface area contributed by atoms with Crippen molar-refractivity contribution in [2.75, 3.05) is 6.54 Å². The Labute approximate surface area is 119 Å². The third-order valence-corrected chi connectivity index (χ3v) is 4.10. The summed E-state index contributed by atoms with van der Waals surface area (Å²) in [6, 6.07) is 7.84. The van der Waals surface area contributed by atoms with Gasteiger partial charge in [0, 0.05) is 11.1 Å². The molecule has 2 unspecified atom stereocenters. The first-order chi connectivity index (χ1) is 9.01. The molecule has 2 atom stereocenters. The van der Waals surface area contributed by atoms with E-state index >= 15 is 0 Å². The van der Waals surface area contributed by atoms with Crippen LogP contribution < -0.4 is 10.6 Å². The molecule has 104 valence electrons.